The number of nitrogens with zero attached hydrogens (tertiary/aromatic N) is 4. The maximum absolute atomic E-state index is 11.6. The van der Waals surface area contributed by atoms with E-state index in [1.807, 2.05) is 0 Å². The second kappa shape index (κ2) is 10.3. The number of carbonyl (C=O) groups is 1. The number of carbonyl (C=O) groups excluding carboxylic acids is 1. The Morgan fingerprint density at radius 3 is 2.58 bits per heavy atom. The second-order valence-electron chi connectivity index (χ2n) is 6.58. The second-order valence-corrected chi connectivity index (χ2v) is 10.5. The molecule has 20 heteroatoms. The Morgan fingerprint density at radius 1 is 1.27 bits per heavy atom. The highest BCUT2D eigenvalue weighted by Crippen LogP contribution is 2.46. The average Bonchev–Trinajstić information content (AvgIpc) is 3.25. The third-order valence-electron chi connectivity index (χ3n) is 4.19. The number of ether oxygens (including phenoxy) is 1. The Morgan fingerprint density at radius 2 is 1.97 bits per heavy atom. The highest BCUT2D eigenvalue weighted by molar-refractivity contribution is 9.09. The molecular weight excluding hydrogens is 576 g/mol. The number of aliphatic hydroxyl groups is 1. The Balaban J connectivity index is 1.97. The van der Waals surface area contributed by atoms with Gasteiger partial charge in [0, 0.05) is 0 Å². The van der Waals surface area contributed by atoms with Crippen molar-refractivity contribution in [3.8, 4) is 0 Å². The van der Waals surface area contributed by atoms with Gasteiger partial charge in [-0.1, -0.05) is 27.7 Å². The topological polar surface area (TPSA) is 250 Å². The van der Waals surface area contributed by atoms with Crippen molar-refractivity contribution < 1.29 is 52.4 Å². The summed E-state index contributed by atoms with van der Waals surface area (Å²) in [6.45, 7) is -0.817. The SMILES string of the molecule is Nc1nc(SCC(=O)CBr)nc2c1ncn2[C@@H]1O[C@H](COP(=O)(O)O)[C@@H](O)[C@H]1OP(=O)(O)O. The predicted molar refractivity (Wildman–Crippen MR) is 114 cm³/mol. The fourth-order valence-electron chi connectivity index (χ4n) is 2.87. The molecule has 3 heterocycles. The number of aliphatic hydroxyl groups excluding tert-OH is 1. The van der Waals surface area contributed by atoms with E-state index in [1.165, 1.54) is 0 Å². The van der Waals surface area contributed by atoms with Gasteiger partial charge in [-0.2, -0.15) is 0 Å². The molecule has 0 bridgehead atoms. The van der Waals surface area contributed by atoms with Crippen molar-refractivity contribution in [2.75, 3.05) is 23.4 Å². The molecule has 0 amide bonds. The van der Waals surface area contributed by atoms with Gasteiger partial charge < -0.3 is 35.2 Å². The number of imidazole rings is 1. The summed E-state index contributed by atoms with van der Waals surface area (Å²) in [6.07, 6.45) is -5.24. The predicted octanol–water partition coefficient (Wildman–Crippen LogP) is -0.690. The van der Waals surface area contributed by atoms with E-state index in [9.17, 15) is 28.8 Å². The fourth-order valence-corrected chi connectivity index (χ4v) is 4.93. The zero-order chi connectivity index (χ0) is 24.6. The summed E-state index contributed by atoms with van der Waals surface area (Å²) < 4.78 is 38.2. The molecule has 4 atom stereocenters. The lowest BCUT2D eigenvalue weighted by molar-refractivity contribution is -0.114. The number of aromatic nitrogens is 4. The summed E-state index contributed by atoms with van der Waals surface area (Å²) >= 11 is 4.02. The number of alkyl halides is 1. The van der Waals surface area contributed by atoms with Crippen LogP contribution < -0.4 is 5.73 Å². The number of phosphoric ester groups is 2. The number of ketones is 1. The maximum atomic E-state index is 11.6. The zero-order valence-electron chi connectivity index (χ0n) is 16.2. The van der Waals surface area contributed by atoms with Crippen LogP contribution in [-0.2, 0) is 27.7 Å². The van der Waals surface area contributed by atoms with Gasteiger partial charge in [-0.3, -0.25) is 18.4 Å². The third-order valence-corrected chi connectivity index (χ3v) is 6.73. The molecule has 1 aliphatic heterocycles. The number of nitrogen functional groups attached to an aromatic ring is 1. The molecular formula is C13H18BrN5O11P2S. The van der Waals surface area contributed by atoms with Gasteiger partial charge in [-0.15, -0.1) is 0 Å². The molecule has 0 spiro atoms. The normalized spacial score (nSPS) is 23.9. The zero-order valence-corrected chi connectivity index (χ0v) is 20.4. The van der Waals surface area contributed by atoms with Gasteiger partial charge in [0.05, 0.1) is 24.0 Å². The molecule has 0 unspecified atom stereocenters. The number of Topliss-reactive ketones (excluding diaryl/α,β-unsaturated/α-hetero) is 1. The Bertz CT molecular complexity index is 1130. The van der Waals surface area contributed by atoms with Crippen LogP contribution in [0, 0.1) is 0 Å². The Kier molecular flexibility index (Phi) is 8.31. The van der Waals surface area contributed by atoms with E-state index < -0.39 is 46.8 Å². The number of halogens is 1. The van der Waals surface area contributed by atoms with E-state index in [0.717, 1.165) is 22.7 Å². The molecule has 0 aromatic carbocycles. The van der Waals surface area contributed by atoms with Crippen LogP contribution in [0.25, 0.3) is 11.2 Å². The smallest absolute Gasteiger partial charge is 0.387 e. The molecule has 7 N–H and O–H groups in total. The van der Waals surface area contributed by atoms with Crippen molar-refractivity contribution >= 4 is 66.1 Å². The van der Waals surface area contributed by atoms with Gasteiger partial charge in [0.1, 0.15) is 23.8 Å². The summed E-state index contributed by atoms with van der Waals surface area (Å²) in [5.74, 6) is -0.157. The molecule has 0 radical (unpaired) electrons. The van der Waals surface area contributed by atoms with Crippen LogP contribution in [0.2, 0.25) is 0 Å². The average molecular weight is 594 g/mol. The van der Waals surface area contributed by atoms with E-state index in [0.29, 0.717) is 0 Å². The number of thioether (sulfide) groups is 1. The van der Waals surface area contributed by atoms with Crippen molar-refractivity contribution in [3.63, 3.8) is 0 Å². The number of fused-ring (bicyclic) bond motifs is 1. The fraction of sp³-hybridized carbons (Fsp3) is 0.538. The van der Waals surface area contributed by atoms with Crippen LogP contribution in [-0.4, -0.2) is 86.0 Å². The Hall–Kier alpha value is -1.01. The monoisotopic (exact) mass is 593 g/mol. The number of nitrogens with two attached hydrogens (primary N) is 1. The van der Waals surface area contributed by atoms with Crippen molar-refractivity contribution in [2.24, 2.45) is 0 Å². The van der Waals surface area contributed by atoms with E-state index in [4.69, 9.17) is 20.3 Å². The summed E-state index contributed by atoms with van der Waals surface area (Å²) in [5, 5.41) is 10.7. The van der Waals surface area contributed by atoms with Gasteiger partial charge in [-0.05, 0) is 0 Å². The lowest BCUT2D eigenvalue weighted by Crippen LogP contribution is -2.35. The molecule has 1 fully saturated rings. The Labute approximate surface area is 197 Å². The maximum Gasteiger partial charge on any atom is 0.470 e. The first kappa shape index (κ1) is 26.6. The van der Waals surface area contributed by atoms with Gasteiger partial charge >= 0.3 is 15.6 Å². The molecule has 33 heavy (non-hydrogen) atoms. The molecule has 3 rings (SSSR count). The number of anilines is 1. The van der Waals surface area contributed by atoms with Crippen molar-refractivity contribution in [1.29, 1.82) is 0 Å². The van der Waals surface area contributed by atoms with Crippen LogP contribution in [0.5, 0.6) is 0 Å². The van der Waals surface area contributed by atoms with Crippen molar-refractivity contribution in [1.82, 2.24) is 19.5 Å². The first-order valence-electron chi connectivity index (χ1n) is 8.77. The highest BCUT2D eigenvalue weighted by Gasteiger charge is 2.49. The molecule has 2 aromatic rings. The van der Waals surface area contributed by atoms with Crippen molar-refractivity contribution in [2.45, 2.75) is 29.7 Å². The first-order chi connectivity index (χ1) is 15.3. The van der Waals surface area contributed by atoms with Gasteiger partial charge in [-0.25, -0.2) is 24.1 Å². The van der Waals surface area contributed by atoms with Gasteiger partial charge in [0.2, 0.25) is 0 Å². The quantitative estimate of drug-likeness (QED) is 0.0862. The molecule has 184 valence electrons. The summed E-state index contributed by atoms with van der Waals surface area (Å²) in [5.41, 5.74) is 6.03. The van der Waals surface area contributed by atoms with Crippen molar-refractivity contribution in [3.05, 3.63) is 6.33 Å². The molecule has 2 aromatic heterocycles. The van der Waals surface area contributed by atoms with Crippen LogP contribution in [0.1, 0.15) is 6.23 Å². The summed E-state index contributed by atoms with van der Waals surface area (Å²) in [6, 6.07) is 0. The highest BCUT2D eigenvalue weighted by atomic mass is 79.9. The van der Waals surface area contributed by atoms with Crippen LogP contribution >= 0.6 is 43.3 Å². The van der Waals surface area contributed by atoms with E-state index in [2.05, 4.69) is 39.9 Å². The molecule has 0 aliphatic carbocycles. The summed E-state index contributed by atoms with van der Waals surface area (Å²) in [4.78, 5) is 60.2. The van der Waals surface area contributed by atoms with Crippen LogP contribution in [0.15, 0.2) is 11.5 Å². The molecule has 0 saturated carbocycles. The van der Waals surface area contributed by atoms with Crippen LogP contribution in [0.3, 0.4) is 0 Å². The lowest BCUT2D eigenvalue weighted by Gasteiger charge is -2.22. The van der Waals surface area contributed by atoms with Crippen LogP contribution in [0.4, 0.5) is 5.82 Å². The number of phosphoric acid groups is 2. The third kappa shape index (κ3) is 6.78. The van der Waals surface area contributed by atoms with Gasteiger partial charge in [0.25, 0.3) is 0 Å². The first-order valence-corrected chi connectivity index (χ1v) is 13.9. The molecule has 1 aliphatic rings. The number of hydrogen-bond donors (Lipinski definition) is 6. The number of rotatable bonds is 10. The van der Waals surface area contributed by atoms with E-state index in [1.54, 1.807) is 0 Å². The summed E-state index contributed by atoms with van der Waals surface area (Å²) in [7, 11) is -10.1. The largest absolute Gasteiger partial charge is 0.470 e. The standard InChI is InChI=1S/C13H18BrN5O11P2S/c14-1-5(20)3-33-13-17-10(15)7-11(18-13)19(4-16-7)12-9(30-32(25,26)27)8(21)6(29-12)2-28-31(22,23)24/h4,6,8-9,12,21H,1-3H2,(H2,15,17,18)(H2,22,23,24)(H2,25,26,27)/t6-,8-,9-,12-/m1/s1. The minimum atomic E-state index is -5.15. The minimum Gasteiger partial charge on any atom is -0.387 e. The minimum absolute atomic E-state index is 0.0318. The van der Waals surface area contributed by atoms with E-state index in [-0.39, 0.29) is 39.0 Å². The number of hydrogen-bond acceptors (Lipinski definition) is 12. The van der Waals surface area contributed by atoms with Gasteiger partial charge in [0.15, 0.2) is 28.6 Å². The lowest BCUT2D eigenvalue weighted by atomic mass is 10.1. The molecule has 1 saturated heterocycles. The van der Waals surface area contributed by atoms with E-state index >= 15 is 0 Å². The molecule has 16 nitrogen and oxygen atoms in total.